The van der Waals surface area contributed by atoms with E-state index in [4.69, 9.17) is 9.47 Å². The maximum absolute atomic E-state index is 13.4. The molecule has 0 aliphatic rings. The lowest BCUT2D eigenvalue weighted by molar-refractivity contribution is -0.138. The number of nitrogens with zero attached hydrogens (tertiary/aromatic N) is 2. The lowest BCUT2D eigenvalue weighted by Gasteiger charge is -2.26. The minimum atomic E-state index is -4.66. The number of anilines is 1. The Morgan fingerprint density at radius 2 is 1.38 bits per heavy atom. The van der Waals surface area contributed by atoms with Gasteiger partial charge in [0.1, 0.15) is 23.0 Å². The van der Waals surface area contributed by atoms with Crippen molar-refractivity contribution in [3.63, 3.8) is 0 Å². The summed E-state index contributed by atoms with van der Waals surface area (Å²) < 4.78 is 50.7. The highest BCUT2D eigenvalue weighted by Crippen LogP contribution is 2.35. The summed E-state index contributed by atoms with van der Waals surface area (Å²) in [7, 11) is 3.14. The minimum absolute atomic E-state index is 0.0564. The van der Waals surface area contributed by atoms with Gasteiger partial charge in [-0.15, -0.1) is 0 Å². The Morgan fingerprint density at radius 1 is 0.906 bits per heavy atom. The molecule has 32 heavy (non-hydrogen) atoms. The first-order valence-corrected chi connectivity index (χ1v) is 9.80. The average molecular weight is 444 g/mol. The van der Waals surface area contributed by atoms with Gasteiger partial charge < -0.3 is 14.4 Å². The Labute approximate surface area is 184 Å². The van der Waals surface area contributed by atoms with Crippen LogP contribution >= 0.6 is 0 Å². The van der Waals surface area contributed by atoms with Crippen molar-refractivity contribution in [1.82, 2.24) is 4.98 Å². The second kappa shape index (κ2) is 9.72. The molecule has 0 bridgehead atoms. The van der Waals surface area contributed by atoms with Crippen LogP contribution in [0.5, 0.6) is 11.5 Å². The van der Waals surface area contributed by atoms with Crippen molar-refractivity contribution < 1.29 is 27.4 Å². The highest BCUT2D eigenvalue weighted by molar-refractivity contribution is 5.76. The van der Waals surface area contributed by atoms with Gasteiger partial charge in [-0.2, -0.15) is 13.2 Å². The van der Waals surface area contributed by atoms with Crippen LogP contribution in [0.25, 0.3) is 0 Å². The van der Waals surface area contributed by atoms with E-state index in [1.54, 1.807) is 14.2 Å². The van der Waals surface area contributed by atoms with E-state index in [2.05, 4.69) is 4.98 Å². The fourth-order valence-electron chi connectivity index (χ4n) is 3.42. The Hall–Kier alpha value is -3.55. The van der Waals surface area contributed by atoms with Gasteiger partial charge in [-0.25, -0.2) is 4.98 Å². The van der Waals surface area contributed by atoms with Gasteiger partial charge in [0.05, 0.1) is 19.8 Å². The van der Waals surface area contributed by atoms with Crippen molar-refractivity contribution in [2.45, 2.75) is 26.2 Å². The van der Waals surface area contributed by atoms with E-state index >= 15 is 0 Å². The summed E-state index contributed by atoms with van der Waals surface area (Å²) in [6, 6.07) is 16.1. The van der Waals surface area contributed by atoms with E-state index in [1.807, 2.05) is 53.4 Å². The molecule has 0 spiro atoms. The molecule has 168 valence electrons. The smallest absolute Gasteiger partial charge is 0.418 e. The zero-order valence-electron chi connectivity index (χ0n) is 17.9. The second-order valence-electron chi connectivity index (χ2n) is 7.23. The van der Waals surface area contributed by atoms with Crippen LogP contribution in [0.15, 0.2) is 54.6 Å². The quantitative estimate of drug-likeness (QED) is 0.433. The molecule has 0 unspecified atom stereocenters. The zero-order chi connectivity index (χ0) is 23.3. The third-order valence-electron chi connectivity index (χ3n) is 5.02. The van der Waals surface area contributed by atoms with Gasteiger partial charge in [-0.3, -0.25) is 4.79 Å². The molecule has 0 radical (unpaired) electrons. The molecule has 0 N–H and O–H groups in total. The van der Waals surface area contributed by atoms with Gasteiger partial charge in [-0.1, -0.05) is 24.3 Å². The number of rotatable bonds is 8. The van der Waals surface area contributed by atoms with Crippen LogP contribution in [0.4, 0.5) is 19.0 Å². The number of pyridine rings is 1. The van der Waals surface area contributed by atoms with Crippen LogP contribution in [0, 0.1) is 6.92 Å². The summed E-state index contributed by atoms with van der Waals surface area (Å²) in [4.78, 5) is 17.3. The van der Waals surface area contributed by atoms with E-state index in [1.165, 1.54) is 13.0 Å². The number of aryl methyl sites for hydroxylation is 1. The molecule has 0 saturated heterocycles. The summed E-state index contributed by atoms with van der Waals surface area (Å²) in [6.07, 6.45) is -4.51. The molecule has 5 nitrogen and oxygen atoms in total. The van der Waals surface area contributed by atoms with Gasteiger partial charge in [0.15, 0.2) is 6.29 Å². The Morgan fingerprint density at radius 3 is 1.75 bits per heavy atom. The molecule has 0 aliphatic carbocycles. The van der Waals surface area contributed by atoms with Crippen LogP contribution in [0.2, 0.25) is 0 Å². The molecule has 0 saturated carbocycles. The van der Waals surface area contributed by atoms with E-state index < -0.39 is 17.4 Å². The van der Waals surface area contributed by atoms with Gasteiger partial charge >= 0.3 is 6.18 Å². The fraction of sp³-hybridized carbons (Fsp3) is 0.250. The molecule has 0 aliphatic heterocycles. The first kappa shape index (κ1) is 23.1. The molecule has 1 aromatic heterocycles. The number of carbonyl (C=O) groups excluding carboxylic acids is 1. The molecular formula is C24H23F3N2O3. The third-order valence-corrected chi connectivity index (χ3v) is 5.02. The molecule has 8 heteroatoms. The molecule has 0 amide bonds. The average Bonchev–Trinajstić information content (AvgIpc) is 2.78. The number of halogens is 3. The molecular weight excluding hydrogens is 421 g/mol. The number of methoxy groups -OCH3 is 2. The van der Waals surface area contributed by atoms with Crippen molar-refractivity contribution in [2.75, 3.05) is 19.1 Å². The number of carbonyl (C=O) groups is 1. The minimum Gasteiger partial charge on any atom is -0.497 e. The lowest BCUT2D eigenvalue weighted by Crippen LogP contribution is -2.25. The first-order chi connectivity index (χ1) is 15.2. The number of aldehydes is 1. The van der Waals surface area contributed by atoms with Crippen LogP contribution in [-0.4, -0.2) is 25.5 Å². The van der Waals surface area contributed by atoms with Crippen molar-refractivity contribution in [3.05, 3.63) is 82.5 Å². The largest absolute Gasteiger partial charge is 0.497 e. The predicted molar refractivity (Wildman–Crippen MR) is 115 cm³/mol. The summed E-state index contributed by atoms with van der Waals surface area (Å²) in [6.45, 7) is 2.07. The molecule has 2 aromatic carbocycles. The Kier molecular flexibility index (Phi) is 7.02. The maximum Gasteiger partial charge on any atom is 0.418 e. The first-order valence-electron chi connectivity index (χ1n) is 9.80. The van der Waals surface area contributed by atoms with Crippen molar-refractivity contribution in [2.24, 2.45) is 0 Å². The van der Waals surface area contributed by atoms with Crippen LogP contribution < -0.4 is 14.4 Å². The standard InChI is InChI=1S/C24H23F3N2O3/c1-16-12-22(28-21(15-30)23(16)24(25,26)27)29(13-17-4-8-19(31-2)9-5-17)14-18-6-10-20(32-3)11-7-18/h4-12,15H,13-14H2,1-3H3. The SMILES string of the molecule is COc1ccc(CN(Cc2ccc(OC)cc2)c2cc(C)c(C(F)(F)F)c(C=O)n2)cc1. The van der Waals surface area contributed by atoms with Crippen LogP contribution in [0.1, 0.15) is 32.7 Å². The Balaban J connectivity index is 2.01. The topological polar surface area (TPSA) is 51.7 Å². The van der Waals surface area contributed by atoms with Crippen molar-refractivity contribution in [1.29, 1.82) is 0 Å². The number of aromatic nitrogens is 1. The summed E-state index contributed by atoms with van der Waals surface area (Å²) in [5.74, 6) is 1.67. The number of hydrogen-bond donors (Lipinski definition) is 0. The van der Waals surface area contributed by atoms with Gasteiger partial charge in [0, 0.05) is 13.1 Å². The second-order valence-corrected chi connectivity index (χ2v) is 7.23. The van der Waals surface area contributed by atoms with Crippen LogP contribution in [0.3, 0.4) is 0 Å². The van der Waals surface area contributed by atoms with Gasteiger partial charge in [0.25, 0.3) is 0 Å². The van der Waals surface area contributed by atoms with Gasteiger partial charge in [0.2, 0.25) is 0 Å². The Bertz CT molecular complexity index is 1020. The van der Waals surface area contributed by atoms with Crippen molar-refractivity contribution in [3.8, 4) is 11.5 Å². The number of hydrogen-bond acceptors (Lipinski definition) is 5. The monoisotopic (exact) mass is 444 g/mol. The summed E-state index contributed by atoms with van der Waals surface area (Å²) >= 11 is 0. The summed E-state index contributed by atoms with van der Waals surface area (Å²) in [5, 5.41) is 0. The molecule has 3 aromatic rings. The van der Waals surface area contributed by atoms with Crippen molar-refractivity contribution >= 4 is 12.1 Å². The molecule has 0 atom stereocenters. The lowest BCUT2D eigenvalue weighted by atomic mass is 10.1. The van der Waals surface area contributed by atoms with E-state index in [0.717, 1.165) is 11.1 Å². The zero-order valence-corrected chi connectivity index (χ0v) is 17.9. The predicted octanol–water partition coefficient (Wildman–Crippen LogP) is 5.45. The van der Waals surface area contributed by atoms with Gasteiger partial charge in [-0.05, 0) is 53.9 Å². The highest BCUT2D eigenvalue weighted by Gasteiger charge is 2.36. The summed E-state index contributed by atoms with van der Waals surface area (Å²) in [5.41, 5.74) is 0.128. The number of ether oxygens (including phenoxy) is 2. The number of benzene rings is 2. The van der Waals surface area contributed by atoms with Crippen LogP contribution in [-0.2, 0) is 19.3 Å². The maximum atomic E-state index is 13.4. The molecule has 3 rings (SSSR count). The molecule has 1 heterocycles. The number of alkyl halides is 3. The normalized spacial score (nSPS) is 11.2. The molecule has 0 fully saturated rings. The van der Waals surface area contributed by atoms with E-state index in [9.17, 15) is 18.0 Å². The fourth-order valence-corrected chi connectivity index (χ4v) is 3.42. The third kappa shape index (κ3) is 5.38. The van der Waals surface area contributed by atoms with E-state index in [-0.39, 0.29) is 17.7 Å². The van der Waals surface area contributed by atoms with E-state index in [0.29, 0.717) is 24.6 Å². The highest BCUT2D eigenvalue weighted by atomic mass is 19.4.